The van der Waals surface area contributed by atoms with Gasteiger partial charge in [0.15, 0.2) is 5.69 Å². The Morgan fingerprint density at radius 3 is 2.76 bits per heavy atom. The molecule has 0 spiro atoms. The van der Waals surface area contributed by atoms with Crippen molar-refractivity contribution < 1.29 is 14.7 Å². The number of thiazole rings is 1. The second-order valence-corrected chi connectivity index (χ2v) is 5.95. The van der Waals surface area contributed by atoms with Crippen LogP contribution in [0, 0.1) is 0 Å². The zero-order valence-electron chi connectivity index (χ0n) is 12.5. The zero-order valence-corrected chi connectivity index (χ0v) is 13.3. The van der Waals surface area contributed by atoms with Crippen molar-refractivity contribution >= 4 is 23.3 Å². The molecule has 0 saturated heterocycles. The number of carboxylic acid groups (broad SMARTS) is 1. The van der Waals surface area contributed by atoms with Gasteiger partial charge in [-0.25, -0.2) is 14.6 Å². The van der Waals surface area contributed by atoms with E-state index in [2.05, 4.69) is 22.5 Å². The molecule has 118 valence electrons. The summed E-state index contributed by atoms with van der Waals surface area (Å²) in [7, 11) is 0. The molecule has 0 fully saturated rings. The van der Waals surface area contributed by atoms with Crippen LogP contribution in [0.15, 0.2) is 5.38 Å². The number of nitrogens with one attached hydrogen (secondary N) is 2. The summed E-state index contributed by atoms with van der Waals surface area (Å²) in [5, 5.41) is 16.4. The van der Waals surface area contributed by atoms with E-state index in [-0.39, 0.29) is 24.3 Å². The molecule has 21 heavy (non-hydrogen) atoms. The molecule has 0 aromatic carbocycles. The van der Waals surface area contributed by atoms with Crippen molar-refractivity contribution in [2.75, 3.05) is 0 Å². The van der Waals surface area contributed by atoms with E-state index in [0.717, 1.165) is 12.8 Å². The van der Waals surface area contributed by atoms with Crippen LogP contribution in [-0.4, -0.2) is 28.1 Å². The Morgan fingerprint density at radius 2 is 2.14 bits per heavy atom. The van der Waals surface area contributed by atoms with Gasteiger partial charge in [-0.2, -0.15) is 0 Å². The fourth-order valence-electron chi connectivity index (χ4n) is 1.87. The Hall–Kier alpha value is -1.63. The summed E-state index contributed by atoms with van der Waals surface area (Å²) in [6.45, 7) is 4.40. The van der Waals surface area contributed by atoms with Crippen LogP contribution < -0.4 is 10.6 Å². The molecule has 0 saturated carbocycles. The largest absolute Gasteiger partial charge is 0.476 e. The number of aromatic carboxylic acids is 1. The number of nitrogens with zero attached hydrogens (tertiary/aromatic N) is 1. The molecule has 2 amide bonds. The van der Waals surface area contributed by atoms with Crippen molar-refractivity contribution in [3.8, 4) is 0 Å². The first-order chi connectivity index (χ1) is 10.0. The molecule has 0 radical (unpaired) electrons. The highest BCUT2D eigenvalue weighted by atomic mass is 32.1. The lowest BCUT2D eigenvalue weighted by Gasteiger charge is -2.14. The van der Waals surface area contributed by atoms with E-state index < -0.39 is 5.97 Å². The van der Waals surface area contributed by atoms with E-state index in [1.807, 2.05) is 6.92 Å². The quantitative estimate of drug-likeness (QED) is 0.611. The maximum absolute atomic E-state index is 11.7. The summed E-state index contributed by atoms with van der Waals surface area (Å²) < 4.78 is 0. The average Bonchev–Trinajstić information content (AvgIpc) is 2.90. The molecule has 0 bridgehead atoms. The van der Waals surface area contributed by atoms with E-state index in [1.54, 1.807) is 0 Å². The van der Waals surface area contributed by atoms with Crippen molar-refractivity contribution in [1.29, 1.82) is 0 Å². The highest BCUT2D eigenvalue weighted by Gasteiger charge is 2.10. The molecule has 1 aromatic rings. The van der Waals surface area contributed by atoms with Crippen LogP contribution in [0.5, 0.6) is 0 Å². The molecule has 6 nitrogen and oxygen atoms in total. The Bertz CT molecular complexity index is 462. The van der Waals surface area contributed by atoms with Gasteiger partial charge < -0.3 is 15.7 Å². The molecular weight excluding hydrogens is 290 g/mol. The lowest BCUT2D eigenvalue weighted by molar-refractivity contribution is 0.0691. The fourth-order valence-corrected chi connectivity index (χ4v) is 2.58. The lowest BCUT2D eigenvalue weighted by atomic mass is 10.1. The predicted molar refractivity (Wildman–Crippen MR) is 82.7 cm³/mol. The fraction of sp³-hybridized carbons (Fsp3) is 0.643. The average molecular weight is 313 g/mol. The van der Waals surface area contributed by atoms with Crippen LogP contribution in [0.2, 0.25) is 0 Å². The van der Waals surface area contributed by atoms with Gasteiger partial charge in [0.1, 0.15) is 5.01 Å². The topological polar surface area (TPSA) is 91.3 Å². The van der Waals surface area contributed by atoms with Crippen molar-refractivity contribution in [1.82, 2.24) is 15.6 Å². The molecule has 0 aliphatic rings. The number of hydrogen-bond acceptors (Lipinski definition) is 4. The molecule has 0 aliphatic heterocycles. The van der Waals surface area contributed by atoms with Gasteiger partial charge in [-0.15, -0.1) is 11.3 Å². The maximum atomic E-state index is 11.7. The van der Waals surface area contributed by atoms with Crippen LogP contribution in [-0.2, 0) is 6.54 Å². The smallest absolute Gasteiger partial charge is 0.355 e. The summed E-state index contributed by atoms with van der Waals surface area (Å²) in [5.41, 5.74) is 0.0153. The van der Waals surface area contributed by atoms with E-state index in [4.69, 9.17) is 5.11 Å². The van der Waals surface area contributed by atoms with Crippen LogP contribution >= 0.6 is 11.3 Å². The highest BCUT2D eigenvalue weighted by Crippen LogP contribution is 2.09. The third-order valence-corrected chi connectivity index (χ3v) is 3.89. The first kappa shape index (κ1) is 17.4. The standard InChI is InChI=1S/C14H23N3O3S/c1-3-4-5-6-7-10(2)16-14(20)15-8-12-17-11(9-21-12)13(18)19/h9-10H,3-8H2,1-2H3,(H,18,19)(H2,15,16,20). The minimum atomic E-state index is -1.05. The number of amides is 2. The number of aromatic nitrogens is 1. The number of carbonyl (C=O) groups is 2. The molecule has 0 aliphatic carbocycles. The van der Waals surface area contributed by atoms with E-state index >= 15 is 0 Å². The van der Waals surface area contributed by atoms with Crippen LogP contribution in [0.25, 0.3) is 0 Å². The summed E-state index contributed by atoms with van der Waals surface area (Å²) >= 11 is 1.22. The number of carboxylic acids is 1. The summed E-state index contributed by atoms with van der Waals surface area (Å²) in [6.07, 6.45) is 5.71. The molecule has 1 atom stereocenters. The molecule has 1 heterocycles. The van der Waals surface area contributed by atoms with Crippen LogP contribution in [0.3, 0.4) is 0 Å². The molecule has 1 aromatic heterocycles. The van der Waals surface area contributed by atoms with Gasteiger partial charge in [-0.1, -0.05) is 32.6 Å². The Labute approximate surface area is 129 Å². The first-order valence-electron chi connectivity index (χ1n) is 7.25. The minimum absolute atomic E-state index is 0.0153. The van der Waals surface area contributed by atoms with Crippen LogP contribution in [0.4, 0.5) is 4.79 Å². The van der Waals surface area contributed by atoms with Gasteiger partial charge in [-0.3, -0.25) is 0 Å². The van der Waals surface area contributed by atoms with Crippen molar-refractivity contribution in [3.63, 3.8) is 0 Å². The van der Waals surface area contributed by atoms with Gasteiger partial charge in [0.25, 0.3) is 0 Å². The number of unbranched alkanes of at least 4 members (excludes halogenated alkanes) is 3. The Morgan fingerprint density at radius 1 is 1.38 bits per heavy atom. The van der Waals surface area contributed by atoms with Gasteiger partial charge >= 0.3 is 12.0 Å². The Balaban J connectivity index is 2.22. The van der Waals surface area contributed by atoms with Gasteiger partial charge in [-0.05, 0) is 13.3 Å². The van der Waals surface area contributed by atoms with Crippen molar-refractivity contribution in [2.45, 2.75) is 58.5 Å². The number of urea groups is 1. The van der Waals surface area contributed by atoms with E-state index in [9.17, 15) is 9.59 Å². The van der Waals surface area contributed by atoms with Gasteiger partial charge in [0.2, 0.25) is 0 Å². The van der Waals surface area contributed by atoms with E-state index in [1.165, 1.54) is 36.0 Å². The molecule has 1 unspecified atom stereocenters. The SMILES string of the molecule is CCCCCCC(C)NC(=O)NCc1nc(C(=O)O)cs1. The lowest BCUT2D eigenvalue weighted by Crippen LogP contribution is -2.40. The summed E-state index contributed by atoms with van der Waals surface area (Å²) in [5.74, 6) is -1.05. The molecule has 1 rings (SSSR count). The maximum Gasteiger partial charge on any atom is 0.355 e. The second kappa shape index (κ2) is 9.33. The number of rotatable bonds is 9. The summed E-state index contributed by atoms with van der Waals surface area (Å²) in [4.78, 5) is 26.3. The first-order valence-corrected chi connectivity index (χ1v) is 8.13. The Kier molecular flexibility index (Phi) is 7.74. The van der Waals surface area contributed by atoms with Crippen molar-refractivity contribution in [3.05, 3.63) is 16.1 Å². The second-order valence-electron chi connectivity index (χ2n) is 5.01. The highest BCUT2D eigenvalue weighted by molar-refractivity contribution is 7.09. The van der Waals surface area contributed by atoms with Crippen molar-refractivity contribution in [2.24, 2.45) is 0 Å². The molecule has 3 N–H and O–H groups in total. The number of carbonyl (C=O) groups excluding carboxylic acids is 1. The van der Waals surface area contributed by atoms with Gasteiger partial charge in [0.05, 0.1) is 6.54 Å². The third kappa shape index (κ3) is 7.08. The normalized spacial score (nSPS) is 11.9. The monoisotopic (exact) mass is 313 g/mol. The summed E-state index contributed by atoms with van der Waals surface area (Å²) in [6, 6.07) is -0.113. The predicted octanol–water partition coefficient (Wildman–Crippen LogP) is 3.00. The van der Waals surface area contributed by atoms with Gasteiger partial charge in [0, 0.05) is 11.4 Å². The minimum Gasteiger partial charge on any atom is -0.476 e. The molecule has 7 heteroatoms. The van der Waals surface area contributed by atoms with Crippen LogP contribution in [0.1, 0.15) is 61.4 Å². The third-order valence-electron chi connectivity index (χ3n) is 3.04. The molecular formula is C14H23N3O3S. The zero-order chi connectivity index (χ0) is 15.7. The van der Waals surface area contributed by atoms with E-state index in [0.29, 0.717) is 5.01 Å². The number of hydrogen-bond donors (Lipinski definition) is 3.